The number of halogens is 3. The highest BCUT2D eigenvalue weighted by Crippen LogP contribution is 2.38. The van der Waals surface area contributed by atoms with E-state index in [9.17, 15) is 28.1 Å². The third kappa shape index (κ3) is 5.12. The number of methoxy groups -OCH3 is 1. The molecule has 0 saturated carbocycles. The lowest BCUT2D eigenvalue weighted by atomic mass is 9.94. The van der Waals surface area contributed by atoms with Gasteiger partial charge in [0.2, 0.25) is 5.91 Å². The third-order valence-corrected chi connectivity index (χ3v) is 5.66. The number of amides is 1. The molecule has 1 aliphatic rings. The van der Waals surface area contributed by atoms with E-state index in [4.69, 9.17) is 4.74 Å². The number of rotatable bonds is 6. The van der Waals surface area contributed by atoms with Crippen molar-refractivity contribution in [3.8, 4) is 5.75 Å². The van der Waals surface area contributed by atoms with Crippen LogP contribution in [0, 0.1) is 16.0 Å². The van der Waals surface area contributed by atoms with Crippen LogP contribution in [0.5, 0.6) is 5.75 Å². The molecule has 172 valence electrons. The molecule has 1 amide bonds. The van der Waals surface area contributed by atoms with E-state index in [1.165, 1.54) is 0 Å². The Morgan fingerprint density at radius 3 is 2.47 bits per heavy atom. The lowest BCUT2D eigenvalue weighted by molar-refractivity contribution is -0.384. The molecule has 1 saturated heterocycles. The summed E-state index contributed by atoms with van der Waals surface area (Å²) < 4.78 is 44.1. The van der Waals surface area contributed by atoms with E-state index in [2.05, 4.69) is 0 Å². The number of para-hydroxylation sites is 1. The van der Waals surface area contributed by atoms with Crippen LogP contribution in [0.25, 0.3) is 0 Å². The van der Waals surface area contributed by atoms with Gasteiger partial charge in [0.15, 0.2) is 0 Å². The van der Waals surface area contributed by atoms with E-state index in [0.717, 1.165) is 17.7 Å². The number of anilines is 1. The summed E-state index contributed by atoms with van der Waals surface area (Å²) in [5.74, 6) is 0.383. The maximum absolute atomic E-state index is 12.9. The molecule has 3 rings (SSSR count). The number of nitrogens with zero attached hydrogens (tertiary/aromatic N) is 3. The smallest absolute Gasteiger partial charge is 0.416 e. The molecule has 1 fully saturated rings. The van der Waals surface area contributed by atoms with Crippen LogP contribution >= 0.6 is 0 Å². The zero-order valence-electron chi connectivity index (χ0n) is 17.8. The molecular formula is C22H24F3N3O4. The Labute approximate surface area is 183 Å². The van der Waals surface area contributed by atoms with E-state index < -0.39 is 22.4 Å². The topological polar surface area (TPSA) is 75.9 Å². The average molecular weight is 451 g/mol. The number of nitro groups is 1. The second kappa shape index (κ2) is 9.46. The van der Waals surface area contributed by atoms with Gasteiger partial charge in [-0.1, -0.05) is 18.2 Å². The summed E-state index contributed by atoms with van der Waals surface area (Å²) in [5, 5.41) is 11.4. The molecule has 2 aromatic rings. The zero-order chi connectivity index (χ0) is 23.5. The summed E-state index contributed by atoms with van der Waals surface area (Å²) in [4.78, 5) is 26.8. The summed E-state index contributed by atoms with van der Waals surface area (Å²) in [6.45, 7) is 1.06. The van der Waals surface area contributed by atoms with Gasteiger partial charge in [-0.15, -0.1) is 0 Å². The van der Waals surface area contributed by atoms with Crippen LogP contribution in [-0.2, 0) is 17.5 Å². The fourth-order valence-corrected chi connectivity index (χ4v) is 3.96. The van der Waals surface area contributed by atoms with Gasteiger partial charge in [0.25, 0.3) is 5.69 Å². The molecule has 0 unspecified atom stereocenters. The number of hydrogen-bond acceptors (Lipinski definition) is 5. The molecule has 10 heteroatoms. The molecule has 1 heterocycles. The Morgan fingerprint density at radius 1 is 1.22 bits per heavy atom. The average Bonchev–Trinajstić information content (AvgIpc) is 2.78. The number of ether oxygens (including phenoxy) is 1. The van der Waals surface area contributed by atoms with Gasteiger partial charge in [0.05, 0.1) is 17.6 Å². The Hall–Kier alpha value is -3.30. The number of alkyl halides is 3. The largest absolute Gasteiger partial charge is 0.496 e. The van der Waals surface area contributed by atoms with E-state index in [-0.39, 0.29) is 17.5 Å². The molecule has 0 N–H and O–H groups in total. The van der Waals surface area contributed by atoms with Crippen molar-refractivity contribution < 1.29 is 27.6 Å². The summed E-state index contributed by atoms with van der Waals surface area (Å²) in [5.41, 5.74) is -0.631. The van der Waals surface area contributed by atoms with Gasteiger partial charge in [-0.25, -0.2) is 0 Å². The van der Waals surface area contributed by atoms with Crippen molar-refractivity contribution in [1.82, 2.24) is 4.90 Å². The van der Waals surface area contributed by atoms with Crippen LogP contribution in [-0.4, -0.2) is 43.0 Å². The maximum atomic E-state index is 12.9. The van der Waals surface area contributed by atoms with Crippen molar-refractivity contribution in [2.24, 2.45) is 5.92 Å². The fourth-order valence-electron chi connectivity index (χ4n) is 3.96. The molecule has 7 nitrogen and oxygen atoms in total. The Morgan fingerprint density at radius 2 is 1.88 bits per heavy atom. The number of carbonyl (C=O) groups is 1. The maximum Gasteiger partial charge on any atom is 0.416 e. The second-order valence-corrected chi connectivity index (χ2v) is 7.73. The molecule has 1 aliphatic heterocycles. The van der Waals surface area contributed by atoms with E-state index in [0.29, 0.717) is 44.3 Å². The lowest BCUT2D eigenvalue weighted by Gasteiger charge is -2.34. The predicted octanol–water partition coefficient (Wildman–Crippen LogP) is 4.50. The van der Waals surface area contributed by atoms with Crippen molar-refractivity contribution in [2.75, 3.05) is 32.1 Å². The van der Waals surface area contributed by atoms with Gasteiger partial charge in [-0.3, -0.25) is 14.9 Å². The first kappa shape index (κ1) is 23.4. The Bertz CT molecular complexity index is 989. The normalized spacial score (nSPS) is 14.8. The molecule has 0 atom stereocenters. The summed E-state index contributed by atoms with van der Waals surface area (Å²) in [7, 11) is 3.28. The van der Waals surface area contributed by atoms with Gasteiger partial charge < -0.3 is 14.5 Å². The SMILES string of the molecule is COc1ccccc1CN(C)C(=O)C1CCN(c2ccc(C(F)(F)F)cc2[N+](=O)[O-])CC1. The van der Waals surface area contributed by atoms with Crippen molar-refractivity contribution in [1.29, 1.82) is 0 Å². The standard InChI is InChI=1S/C22H24F3N3O4/c1-26(14-16-5-3-4-6-20(16)32-2)21(29)15-9-11-27(12-10-15)18-8-7-17(22(23,24)25)13-19(18)28(30)31/h3-8,13,15H,9-12,14H2,1-2H3. The molecular weight excluding hydrogens is 427 g/mol. The minimum absolute atomic E-state index is 0.0440. The lowest BCUT2D eigenvalue weighted by Crippen LogP contribution is -2.41. The minimum Gasteiger partial charge on any atom is -0.496 e. The number of nitro benzene ring substituents is 1. The van der Waals surface area contributed by atoms with Crippen molar-refractivity contribution in [2.45, 2.75) is 25.6 Å². The molecule has 2 aromatic carbocycles. The van der Waals surface area contributed by atoms with E-state index in [1.807, 2.05) is 24.3 Å². The summed E-state index contributed by atoms with van der Waals surface area (Å²) in [6.07, 6.45) is -3.75. The highest BCUT2D eigenvalue weighted by Gasteiger charge is 2.35. The second-order valence-electron chi connectivity index (χ2n) is 7.73. The first-order valence-corrected chi connectivity index (χ1v) is 10.1. The predicted molar refractivity (Wildman–Crippen MR) is 113 cm³/mol. The highest BCUT2D eigenvalue weighted by molar-refractivity contribution is 5.79. The quantitative estimate of drug-likeness (QED) is 0.478. The molecule has 0 aliphatic carbocycles. The molecule has 0 aromatic heterocycles. The van der Waals surface area contributed by atoms with Gasteiger partial charge in [0, 0.05) is 44.2 Å². The minimum atomic E-state index is -4.66. The van der Waals surface area contributed by atoms with Crippen molar-refractivity contribution >= 4 is 17.3 Å². The van der Waals surface area contributed by atoms with Crippen molar-refractivity contribution in [3.05, 3.63) is 63.7 Å². The van der Waals surface area contributed by atoms with Crippen LogP contribution in [0.15, 0.2) is 42.5 Å². The molecule has 32 heavy (non-hydrogen) atoms. The summed E-state index contributed by atoms with van der Waals surface area (Å²) in [6, 6.07) is 9.97. The van der Waals surface area contributed by atoms with Crippen LogP contribution < -0.4 is 9.64 Å². The van der Waals surface area contributed by atoms with Crippen LogP contribution in [0.1, 0.15) is 24.0 Å². The Balaban J connectivity index is 1.67. The van der Waals surface area contributed by atoms with Gasteiger partial charge in [-0.05, 0) is 31.0 Å². The molecule has 0 radical (unpaired) electrons. The summed E-state index contributed by atoms with van der Waals surface area (Å²) >= 11 is 0. The monoisotopic (exact) mass is 451 g/mol. The van der Waals surface area contributed by atoms with Crippen LogP contribution in [0.2, 0.25) is 0 Å². The zero-order valence-corrected chi connectivity index (χ0v) is 17.8. The number of piperidine rings is 1. The Kier molecular flexibility index (Phi) is 6.90. The van der Waals surface area contributed by atoms with Gasteiger partial charge in [-0.2, -0.15) is 13.2 Å². The van der Waals surface area contributed by atoms with Crippen LogP contribution in [0.3, 0.4) is 0 Å². The number of benzene rings is 2. The highest BCUT2D eigenvalue weighted by atomic mass is 19.4. The number of carbonyl (C=O) groups excluding carboxylic acids is 1. The van der Waals surface area contributed by atoms with Gasteiger partial charge >= 0.3 is 6.18 Å². The van der Waals surface area contributed by atoms with Gasteiger partial charge in [0.1, 0.15) is 11.4 Å². The van der Waals surface area contributed by atoms with E-state index >= 15 is 0 Å². The third-order valence-electron chi connectivity index (χ3n) is 5.66. The number of hydrogen-bond donors (Lipinski definition) is 0. The van der Waals surface area contributed by atoms with E-state index in [1.54, 1.807) is 24.0 Å². The van der Waals surface area contributed by atoms with Crippen molar-refractivity contribution in [3.63, 3.8) is 0 Å². The fraction of sp³-hybridized carbons (Fsp3) is 0.409. The van der Waals surface area contributed by atoms with Crippen LogP contribution in [0.4, 0.5) is 24.5 Å². The molecule has 0 bridgehead atoms. The molecule has 0 spiro atoms. The first-order chi connectivity index (χ1) is 15.1. The first-order valence-electron chi connectivity index (χ1n) is 10.1.